The Labute approximate surface area is 146 Å². The minimum absolute atomic E-state index is 0.357. The molecule has 0 aromatic rings. The van der Waals surface area contributed by atoms with Gasteiger partial charge in [-0.3, -0.25) is 4.99 Å². The second-order valence-electron chi connectivity index (χ2n) is 8.04. The van der Waals surface area contributed by atoms with E-state index < -0.39 is 5.60 Å². The molecule has 0 bridgehead atoms. The van der Waals surface area contributed by atoms with Crippen LogP contribution in [0.2, 0.25) is 0 Å². The number of alkyl carbamates (subject to hydrolysis) is 1. The Hall–Kier alpha value is -1.46. The van der Waals surface area contributed by atoms with E-state index in [-0.39, 0.29) is 6.09 Å². The first-order valence-electron chi connectivity index (χ1n) is 9.34. The van der Waals surface area contributed by atoms with Crippen molar-refractivity contribution >= 4 is 12.1 Å². The van der Waals surface area contributed by atoms with Gasteiger partial charge in [-0.2, -0.15) is 0 Å². The highest BCUT2D eigenvalue weighted by molar-refractivity contribution is 5.80. The van der Waals surface area contributed by atoms with Crippen molar-refractivity contribution in [3.05, 3.63) is 0 Å². The molecule has 24 heavy (non-hydrogen) atoms. The van der Waals surface area contributed by atoms with Crippen LogP contribution >= 0.6 is 0 Å². The molecule has 0 aromatic heterocycles. The van der Waals surface area contributed by atoms with Gasteiger partial charge in [0.25, 0.3) is 0 Å². The van der Waals surface area contributed by atoms with Crippen molar-refractivity contribution in [3.63, 3.8) is 0 Å². The summed E-state index contributed by atoms with van der Waals surface area (Å²) in [7, 11) is 0. The Morgan fingerprint density at radius 3 is 2.54 bits per heavy atom. The lowest BCUT2D eigenvalue weighted by Gasteiger charge is -2.38. The average molecular weight is 338 g/mol. The average Bonchev–Trinajstić information content (AvgIpc) is 2.89. The molecule has 2 aliphatic rings. The van der Waals surface area contributed by atoms with Crippen molar-refractivity contribution in [3.8, 4) is 0 Å². The van der Waals surface area contributed by atoms with Gasteiger partial charge in [0.15, 0.2) is 5.96 Å². The summed E-state index contributed by atoms with van der Waals surface area (Å²) in [6.45, 7) is 12.1. The zero-order valence-electron chi connectivity index (χ0n) is 15.8. The number of hydrogen-bond donors (Lipinski definition) is 2. The van der Waals surface area contributed by atoms with Crippen molar-refractivity contribution < 1.29 is 9.53 Å². The fourth-order valence-corrected chi connectivity index (χ4v) is 3.40. The normalized spacial score (nSPS) is 20.0. The van der Waals surface area contributed by atoms with Crippen LogP contribution in [0.5, 0.6) is 0 Å². The molecule has 1 aliphatic heterocycles. The Bertz CT molecular complexity index is 452. The standard InChI is InChI=1S/C18H34N4O2/c1-5-19-15(22-13-10-18(14-22)8-6-9-18)20-11-7-12-21-16(23)24-17(2,3)4/h5-14H2,1-4H3,(H,19,20)(H,21,23). The third kappa shape index (κ3) is 5.56. The fraction of sp³-hybridized carbons (Fsp3) is 0.889. The molecule has 0 atom stereocenters. The predicted octanol–water partition coefficient (Wildman–Crippen LogP) is 2.74. The largest absolute Gasteiger partial charge is 0.444 e. The van der Waals surface area contributed by atoms with Gasteiger partial charge in [0, 0.05) is 32.7 Å². The van der Waals surface area contributed by atoms with Gasteiger partial charge >= 0.3 is 6.09 Å². The number of carbonyl (C=O) groups excluding carboxylic acids is 1. The molecule has 0 aromatic carbocycles. The Morgan fingerprint density at radius 1 is 1.25 bits per heavy atom. The number of aliphatic imine (C=N–C) groups is 1. The lowest BCUT2D eigenvalue weighted by atomic mass is 9.68. The van der Waals surface area contributed by atoms with E-state index in [9.17, 15) is 4.79 Å². The van der Waals surface area contributed by atoms with Gasteiger partial charge < -0.3 is 20.3 Å². The zero-order chi connectivity index (χ0) is 17.6. The fourth-order valence-electron chi connectivity index (χ4n) is 3.40. The van der Waals surface area contributed by atoms with Crippen molar-refractivity contribution in [1.29, 1.82) is 0 Å². The van der Waals surface area contributed by atoms with Crippen LogP contribution in [0, 0.1) is 5.41 Å². The third-order valence-electron chi connectivity index (χ3n) is 4.75. The number of hydrogen-bond acceptors (Lipinski definition) is 3. The van der Waals surface area contributed by atoms with E-state index in [0.717, 1.165) is 32.0 Å². The van der Waals surface area contributed by atoms with Crippen molar-refractivity contribution in [1.82, 2.24) is 15.5 Å². The van der Waals surface area contributed by atoms with E-state index in [1.165, 1.54) is 25.7 Å². The molecule has 1 aliphatic carbocycles. The summed E-state index contributed by atoms with van der Waals surface area (Å²) in [5.41, 5.74) is 0.127. The predicted molar refractivity (Wildman–Crippen MR) is 97.3 cm³/mol. The van der Waals surface area contributed by atoms with E-state index >= 15 is 0 Å². The number of likely N-dealkylation sites (tertiary alicyclic amines) is 1. The molecular weight excluding hydrogens is 304 g/mol. The number of carbonyl (C=O) groups is 1. The number of nitrogens with one attached hydrogen (secondary N) is 2. The molecule has 2 fully saturated rings. The van der Waals surface area contributed by atoms with Crippen LogP contribution in [0.3, 0.4) is 0 Å². The van der Waals surface area contributed by atoms with Gasteiger partial charge in [0.1, 0.15) is 5.60 Å². The number of guanidine groups is 1. The minimum atomic E-state index is -0.451. The Balaban J connectivity index is 1.71. The molecule has 0 unspecified atom stereocenters. The van der Waals surface area contributed by atoms with Crippen molar-refractivity contribution in [2.75, 3.05) is 32.7 Å². The SMILES string of the molecule is CCNC(=NCCCNC(=O)OC(C)(C)C)N1CCC2(CCC2)C1. The monoisotopic (exact) mass is 338 g/mol. The van der Waals surface area contributed by atoms with Gasteiger partial charge in [-0.05, 0) is 58.8 Å². The first kappa shape index (κ1) is 18.9. The quantitative estimate of drug-likeness (QED) is 0.459. The van der Waals surface area contributed by atoms with Gasteiger partial charge in [-0.15, -0.1) is 0 Å². The van der Waals surface area contributed by atoms with Crippen molar-refractivity contribution in [2.45, 2.75) is 65.4 Å². The van der Waals surface area contributed by atoms with Crippen LogP contribution in [0.1, 0.15) is 59.8 Å². The Kier molecular flexibility index (Phi) is 6.35. The van der Waals surface area contributed by atoms with Crippen LogP contribution in [0.15, 0.2) is 4.99 Å². The number of nitrogens with zero attached hydrogens (tertiary/aromatic N) is 2. The molecule has 138 valence electrons. The molecule has 0 radical (unpaired) electrons. The first-order valence-corrected chi connectivity index (χ1v) is 9.34. The maximum atomic E-state index is 11.6. The number of ether oxygens (including phenoxy) is 1. The van der Waals surface area contributed by atoms with E-state index in [1.807, 2.05) is 20.8 Å². The summed E-state index contributed by atoms with van der Waals surface area (Å²) in [6.07, 6.45) is 5.90. The number of amides is 1. The highest BCUT2D eigenvalue weighted by atomic mass is 16.6. The molecule has 2 rings (SSSR count). The van der Waals surface area contributed by atoms with E-state index in [1.54, 1.807) is 0 Å². The second-order valence-corrected chi connectivity index (χ2v) is 8.04. The van der Waals surface area contributed by atoms with Crippen LogP contribution < -0.4 is 10.6 Å². The lowest BCUT2D eigenvalue weighted by molar-refractivity contribution is 0.0527. The smallest absolute Gasteiger partial charge is 0.407 e. The van der Waals surface area contributed by atoms with Crippen molar-refractivity contribution in [2.24, 2.45) is 10.4 Å². The summed E-state index contributed by atoms with van der Waals surface area (Å²) < 4.78 is 5.22. The van der Waals surface area contributed by atoms with E-state index in [0.29, 0.717) is 18.5 Å². The summed E-state index contributed by atoms with van der Waals surface area (Å²) in [5.74, 6) is 1.03. The summed E-state index contributed by atoms with van der Waals surface area (Å²) in [5, 5.41) is 6.19. The molecule has 1 saturated heterocycles. The van der Waals surface area contributed by atoms with Gasteiger partial charge in [-0.1, -0.05) is 6.42 Å². The highest BCUT2D eigenvalue weighted by Crippen LogP contribution is 2.47. The van der Waals surface area contributed by atoms with E-state index in [2.05, 4.69) is 22.5 Å². The molecule has 6 heteroatoms. The molecule has 1 heterocycles. The summed E-state index contributed by atoms with van der Waals surface area (Å²) >= 11 is 0. The highest BCUT2D eigenvalue weighted by Gasteiger charge is 2.43. The Morgan fingerprint density at radius 2 is 2.00 bits per heavy atom. The summed E-state index contributed by atoms with van der Waals surface area (Å²) in [4.78, 5) is 18.7. The van der Waals surface area contributed by atoms with Crippen LogP contribution in [-0.2, 0) is 4.74 Å². The first-order chi connectivity index (χ1) is 11.3. The number of rotatable bonds is 5. The minimum Gasteiger partial charge on any atom is -0.444 e. The maximum Gasteiger partial charge on any atom is 0.407 e. The molecule has 2 N–H and O–H groups in total. The van der Waals surface area contributed by atoms with E-state index in [4.69, 9.17) is 9.73 Å². The third-order valence-corrected chi connectivity index (χ3v) is 4.75. The second kappa shape index (κ2) is 8.08. The van der Waals surface area contributed by atoms with Crippen LogP contribution in [-0.4, -0.2) is 55.3 Å². The van der Waals surface area contributed by atoms with Crippen LogP contribution in [0.25, 0.3) is 0 Å². The lowest BCUT2D eigenvalue weighted by Crippen LogP contribution is -2.42. The van der Waals surface area contributed by atoms with Crippen LogP contribution in [0.4, 0.5) is 4.79 Å². The molecule has 1 spiro atoms. The van der Waals surface area contributed by atoms with Gasteiger partial charge in [-0.25, -0.2) is 4.79 Å². The molecular formula is C18H34N4O2. The topological polar surface area (TPSA) is 66.0 Å². The maximum absolute atomic E-state index is 11.6. The molecule has 6 nitrogen and oxygen atoms in total. The molecule has 1 saturated carbocycles. The molecule has 1 amide bonds. The zero-order valence-corrected chi connectivity index (χ0v) is 15.8. The summed E-state index contributed by atoms with van der Waals surface area (Å²) in [6, 6.07) is 0. The van der Waals surface area contributed by atoms with Gasteiger partial charge in [0.05, 0.1) is 0 Å². The van der Waals surface area contributed by atoms with Gasteiger partial charge in [0.2, 0.25) is 0 Å².